The summed E-state index contributed by atoms with van der Waals surface area (Å²) in [6.45, 7) is 7.77. The summed E-state index contributed by atoms with van der Waals surface area (Å²) in [6, 6.07) is 14.9. The second-order valence-corrected chi connectivity index (χ2v) is 14.4. The zero-order chi connectivity index (χ0) is 36.1. The molecule has 3 amide bonds. The van der Waals surface area contributed by atoms with E-state index in [4.69, 9.17) is 9.47 Å². The molecule has 0 aliphatic carbocycles. The molecule has 51 heavy (non-hydrogen) atoms. The van der Waals surface area contributed by atoms with Gasteiger partial charge in [-0.1, -0.05) is 75.8 Å². The third kappa shape index (κ3) is 7.09. The molecule has 3 aliphatic rings. The zero-order valence-corrected chi connectivity index (χ0v) is 29.9. The number of ether oxygens (including phenoxy) is 2. The van der Waals surface area contributed by atoms with Crippen molar-refractivity contribution in [2.75, 3.05) is 26.3 Å². The number of benzene rings is 2. The largest absolute Gasteiger partial charge is 0.463 e. The summed E-state index contributed by atoms with van der Waals surface area (Å²) < 4.78 is 13.9. The Kier molecular flexibility index (Phi) is 11.3. The quantitative estimate of drug-likeness (QED) is 0.0913. The maximum atomic E-state index is 14.8. The summed E-state index contributed by atoms with van der Waals surface area (Å²) >= 11 is 3.74. The molecule has 1 aromatic heterocycles. The molecular weight excluding hydrogens is 720 g/mol. The Labute approximate surface area is 304 Å². The van der Waals surface area contributed by atoms with Gasteiger partial charge in [0, 0.05) is 30.9 Å². The lowest BCUT2D eigenvalue weighted by Gasteiger charge is -2.37. The maximum absolute atomic E-state index is 14.8. The lowest BCUT2D eigenvalue weighted by atomic mass is 9.70. The number of likely N-dealkylation sites (tertiary alicyclic amines) is 1. The number of amides is 3. The number of halogens is 1. The van der Waals surface area contributed by atoms with Gasteiger partial charge < -0.3 is 29.7 Å². The summed E-state index contributed by atoms with van der Waals surface area (Å²) in [6.07, 6.45) is 4.42. The Balaban J connectivity index is 1.31. The van der Waals surface area contributed by atoms with E-state index in [1.165, 1.54) is 4.90 Å². The number of aromatic nitrogens is 3. The molecule has 3 saturated heterocycles. The van der Waals surface area contributed by atoms with Gasteiger partial charge in [-0.25, -0.2) is 4.68 Å². The van der Waals surface area contributed by atoms with Crippen LogP contribution < -0.4 is 5.32 Å². The van der Waals surface area contributed by atoms with Crippen molar-refractivity contribution in [1.82, 2.24) is 30.1 Å². The highest BCUT2D eigenvalue weighted by atomic mass is 79.9. The predicted molar refractivity (Wildman–Crippen MR) is 191 cm³/mol. The fourth-order valence-electron chi connectivity index (χ4n) is 7.72. The van der Waals surface area contributed by atoms with E-state index in [1.54, 1.807) is 21.7 Å². The number of nitrogens with zero attached hydrogens (tertiary/aromatic N) is 5. The highest BCUT2D eigenvalue weighted by Gasteiger charge is 2.76. The standard InChI is InChI=1S/C37H43BrN6O7/c1-3-5-17-29(46)50-22-27(24-13-7-6-8-14-24)39-34(47)30-31-35(48)43(19-11-12-20-45)33(37(31)21-25(38)32(30)51-37)36(49)42(18-4-2)23-44-28-16-10-9-15-26(28)40-41-44/h3-4,6-10,13-16,25,27,30-33,45H,1-2,5,11-12,17-23H2,(H,39,47)/t25?,27-,30-,31+,32-,33-,37+/m1/s1. The molecule has 13 nitrogen and oxygen atoms in total. The van der Waals surface area contributed by atoms with E-state index in [1.807, 2.05) is 54.6 Å². The Morgan fingerprint density at radius 2 is 1.90 bits per heavy atom. The number of hydrogen-bond acceptors (Lipinski definition) is 9. The van der Waals surface area contributed by atoms with Gasteiger partial charge in [0.25, 0.3) is 0 Å². The second-order valence-electron chi connectivity index (χ2n) is 13.2. The highest BCUT2D eigenvalue weighted by molar-refractivity contribution is 9.09. The van der Waals surface area contributed by atoms with Gasteiger partial charge in [-0.2, -0.15) is 0 Å². The first kappa shape index (κ1) is 36.4. The van der Waals surface area contributed by atoms with Crippen LogP contribution >= 0.6 is 15.9 Å². The molecule has 3 aliphatic heterocycles. The topological polar surface area (TPSA) is 156 Å². The highest BCUT2D eigenvalue weighted by Crippen LogP contribution is 2.60. The van der Waals surface area contributed by atoms with Crippen LogP contribution in [0.15, 0.2) is 79.9 Å². The monoisotopic (exact) mass is 762 g/mol. The van der Waals surface area contributed by atoms with Crippen molar-refractivity contribution in [3.63, 3.8) is 0 Å². The van der Waals surface area contributed by atoms with Crippen LogP contribution in [-0.2, 0) is 35.3 Å². The number of para-hydroxylation sites is 1. The van der Waals surface area contributed by atoms with Gasteiger partial charge in [-0.05, 0) is 43.4 Å². The van der Waals surface area contributed by atoms with Gasteiger partial charge in [-0.15, -0.1) is 18.3 Å². The van der Waals surface area contributed by atoms with Crippen LogP contribution in [0.4, 0.5) is 0 Å². The number of esters is 1. The fraction of sp³-hybridized carbons (Fsp3) is 0.459. The number of allylic oxidation sites excluding steroid dienone is 1. The first-order valence-corrected chi connectivity index (χ1v) is 18.2. The molecule has 1 unspecified atom stereocenters. The van der Waals surface area contributed by atoms with Crippen molar-refractivity contribution in [1.29, 1.82) is 0 Å². The van der Waals surface area contributed by atoms with Crippen molar-refractivity contribution in [3.8, 4) is 0 Å². The molecule has 6 rings (SSSR count). The Hall–Kier alpha value is -4.40. The van der Waals surface area contributed by atoms with Crippen molar-refractivity contribution in [3.05, 3.63) is 85.5 Å². The third-order valence-corrected chi connectivity index (χ3v) is 10.8. The van der Waals surface area contributed by atoms with E-state index in [0.29, 0.717) is 31.2 Å². The van der Waals surface area contributed by atoms with Crippen molar-refractivity contribution < 1.29 is 33.8 Å². The van der Waals surface area contributed by atoms with Crippen LogP contribution in [0.3, 0.4) is 0 Å². The fourth-order valence-corrected chi connectivity index (χ4v) is 8.66. The van der Waals surface area contributed by atoms with Crippen molar-refractivity contribution in [2.45, 2.75) is 67.4 Å². The number of rotatable bonds is 17. The minimum Gasteiger partial charge on any atom is -0.463 e. The van der Waals surface area contributed by atoms with Gasteiger partial charge >= 0.3 is 5.97 Å². The molecule has 270 valence electrons. The molecule has 7 atom stereocenters. The van der Waals surface area contributed by atoms with Crippen molar-refractivity contribution >= 4 is 50.7 Å². The number of fused-ring (bicyclic) bond motifs is 2. The van der Waals surface area contributed by atoms with E-state index in [2.05, 4.69) is 44.7 Å². The minimum absolute atomic E-state index is 0.0522. The molecule has 3 fully saturated rings. The lowest BCUT2D eigenvalue weighted by molar-refractivity contribution is -0.149. The van der Waals surface area contributed by atoms with Crippen LogP contribution in [0, 0.1) is 11.8 Å². The average Bonchev–Trinajstić information content (AvgIpc) is 3.86. The van der Waals surface area contributed by atoms with Crippen LogP contribution in [0.2, 0.25) is 0 Å². The third-order valence-electron chi connectivity index (χ3n) is 10.0. The van der Waals surface area contributed by atoms with E-state index in [0.717, 1.165) is 11.1 Å². The number of hydrogen-bond donors (Lipinski definition) is 2. The molecule has 3 aromatic rings. The van der Waals surface area contributed by atoms with E-state index >= 15 is 0 Å². The molecular formula is C37H43BrN6O7. The molecule has 0 saturated carbocycles. The number of nitrogens with one attached hydrogen (secondary N) is 1. The van der Waals surface area contributed by atoms with Gasteiger partial charge in [0.05, 0.1) is 29.5 Å². The normalized spacial score (nSPS) is 25.4. The first-order valence-electron chi connectivity index (χ1n) is 17.3. The number of carbonyl (C=O) groups excluding carboxylic acids is 4. The van der Waals surface area contributed by atoms with Crippen molar-refractivity contribution in [2.24, 2.45) is 11.8 Å². The van der Waals surface area contributed by atoms with Crippen LogP contribution in [0.1, 0.15) is 43.7 Å². The molecule has 2 aromatic carbocycles. The number of alkyl halides is 1. The summed E-state index contributed by atoms with van der Waals surface area (Å²) in [5.41, 5.74) is 0.858. The summed E-state index contributed by atoms with van der Waals surface area (Å²) in [5.74, 6) is -3.41. The van der Waals surface area contributed by atoms with E-state index in [-0.39, 0.29) is 56.0 Å². The summed E-state index contributed by atoms with van der Waals surface area (Å²) in [7, 11) is 0. The lowest BCUT2D eigenvalue weighted by Crippen LogP contribution is -2.57. The molecule has 1 spiro atoms. The molecule has 0 radical (unpaired) electrons. The van der Waals surface area contributed by atoms with Crippen LogP contribution in [0.25, 0.3) is 11.0 Å². The number of unbranched alkanes of at least 4 members (excludes halogenated alkanes) is 1. The number of carbonyl (C=O) groups is 4. The van der Waals surface area contributed by atoms with Gasteiger partial charge in [-0.3, -0.25) is 19.2 Å². The van der Waals surface area contributed by atoms with Gasteiger partial charge in [0.1, 0.15) is 30.4 Å². The van der Waals surface area contributed by atoms with E-state index < -0.39 is 47.5 Å². The molecule has 14 heteroatoms. The first-order chi connectivity index (χ1) is 24.7. The molecule has 4 heterocycles. The average molecular weight is 764 g/mol. The summed E-state index contributed by atoms with van der Waals surface area (Å²) in [4.78, 5) is 58.9. The zero-order valence-electron chi connectivity index (χ0n) is 28.3. The predicted octanol–water partition coefficient (Wildman–Crippen LogP) is 3.29. The molecule has 2 bridgehead atoms. The van der Waals surface area contributed by atoms with Crippen LogP contribution in [0.5, 0.6) is 0 Å². The van der Waals surface area contributed by atoms with Crippen LogP contribution in [-0.4, -0.2) is 102 Å². The summed E-state index contributed by atoms with van der Waals surface area (Å²) in [5, 5.41) is 21.1. The maximum Gasteiger partial charge on any atom is 0.306 e. The SMILES string of the molecule is C=CCCC(=O)OC[C@@H](NC(=O)[C@H]1[C@@H]2O[C@@]3(CC2Br)[C@@H]1C(=O)N(CCCCO)[C@@H]3C(=O)N(CC=C)Cn1nnc2ccccc21)c1ccccc1. The smallest absolute Gasteiger partial charge is 0.306 e. The second kappa shape index (κ2) is 15.9. The Morgan fingerprint density at radius 3 is 2.65 bits per heavy atom. The Bertz CT molecular complexity index is 1770. The molecule has 2 N–H and O–H groups in total. The minimum atomic E-state index is -1.29. The van der Waals surface area contributed by atoms with E-state index in [9.17, 15) is 24.3 Å². The number of aliphatic hydroxyl groups is 1. The number of aliphatic hydroxyl groups excluding tert-OH is 1. The van der Waals surface area contributed by atoms with Gasteiger partial charge in [0.15, 0.2) is 0 Å². The Morgan fingerprint density at radius 1 is 1.14 bits per heavy atom. The van der Waals surface area contributed by atoms with Gasteiger partial charge in [0.2, 0.25) is 17.7 Å².